The number of imidazole rings is 1. The van der Waals surface area contributed by atoms with Gasteiger partial charge in [0, 0.05) is 30.7 Å². The Morgan fingerprint density at radius 3 is 2.64 bits per heavy atom. The molecule has 39 heavy (non-hydrogen) atoms. The van der Waals surface area contributed by atoms with Gasteiger partial charge < -0.3 is 13.9 Å². The number of nitrogens with zero attached hydrogens (tertiary/aromatic N) is 5. The summed E-state index contributed by atoms with van der Waals surface area (Å²) < 4.78 is 7.28. The minimum Gasteiger partial charge on any atom is -0.443 e. The van der Waals surface area contributed by atoms with E-state index in [1.807, 2.05) is 59.2 Å². The van der Waals surface area contributed by atoms with Crippen molar-refractivity contribution in [1.29, 1.82) is 0 Å². The van der Waals surface area contributed by atoms with E-state index < -0.39 is 0 Å². The second-order valence-electron chi connectivity index (χ2n) is 8.77. The van der Waals surface area contributed by atoms with E-state index >= 15 is 0 Å². The van der Waals surface area contributed by atoms with Crippen molar-refractivity contribution >= 4 is 45.8 Å². The van der Waals surface area contributed by atoms with E-state index in [2.05, 4.69) is 15.3 Å². The smallest absolute Gasteiger partial charge is 0.268 e. The molecule has 0 bridgehead atoms. The number of oxazole rings is 1. The summed E-state index contributed by atoms with van der Waals surface area (Å²) in [7, 11) is 1.73. The van der Waals surface area contributed by atoms with Crippen LogP contribution in [0, 0.1) is 0 Å². The van der Waals surface area contributed by atoms with Crippen LogP contribution in [0.4, 0.5) is 11.6 Å². The summed E-state index contributed by atoms with van der Waals surface area (Å²) in [6.45, 7) is 0.450. The average Bonchev–Trinajstić information content (AvgIpc) is 3.74. The van der Waals surface area contributed by atoms with Gasteiger partial charge in [-0.2, -0.15) is 0 Å². The van der Waals surface area contributed by atoms with Crippen molar-refractivity contribution in [3.8, 4) is 10.6 Å². The molecule has 0 fully saturated rings. The van der Waals surface area contributed by atoms with Crippen molar-refractivity contribution in [2.75, 3.05) is 17.3 Å². The molecule has 9 nitrogen and oxygen atoms in total. The SMILES string of the molecule is CN(C(=O)c1ccccc1)c1ccc2c(c1)nc(NC(=O)c1ccc(-c3cnco3)s1)n2Cc1cccnc1. The van der Waals surface area contributed by atoms with Crippen LogP contribution in [0.5, 0.6) is 0 Å². The number of benzene rings is 2. The van der Waals surface area contributed by atoms with Gasteiger partial charge in [0.2, 0.25) is 5.95 Å². The predicted molar refractivity (Wildman–Crippen MR) is 150 cm³/mol. The minimum absolute atomic E-state index is 0.126. The zero-order valence-electron chi connectivity index (χ0n) is 20.8. The fourth-order valence-electron chi connectivity index (χ4n) is 4.24. The number of nitrogens with one attached hydrogen (secondary N) is 1. The highest BCUT2D eigenvalue weighted by molar-refractivity contribution is 7.17. The van der Waals surface area contributed by atoms with E-state index in [9.17, 15) is 9.59 Å². The molecular formula is C29H22N6O3S. The summed E-state index contributed by atoms with van der Waals surface area (Å²) >= 11 is 1.31. The van der Waals surface area contributed by atoms with Crippen molar-refractivity contribution in [3.05, 3.63) is 114 Å². The summed E-state index contributed by atoms with van der Waals surface area (Å²) in [5.41, 5.74) is 3.70. The van der Waals surface area contributed by atoms with E-state index in [4.69, 9.17) is 9.40 Å². The number of pyridine rings is 1. The third-order valence-corrected chi connectivity index (χ3v) is 7.34. The van der Waals surface area contributed by atoms with E-state index in [1.54, 1.807) is 48.7 Å². The summed E-state index contributed by atoms with van der Waals surface area (Å²) in [6, 6.07) is 22.1. The van der Waals surface area contributed by atoms with Gasteiger partial charge in [-0.05, 0) is 54.1 Å². The number of hydrogen-bond donors (Lipinski definition) is 1. The fourth-order valence-corrected chi connectivity index (χ4v) is 5.10. The van der Waals surface area contributed by atoms with E-state index in [0.29, 0.717) is 39.9 Å². The largest absolute Gasteiger partial charge is 0.443 e. The van der Waals surface area contributed by atoms with Gasteiger partial charge in [-0.25, -0.2) is 9.97 Å². The Hall–Kier alpha value is -5.09. The molecule has 10 heteroatoms. The van der Waals surface area contributed by atoms with Gasteiger partial charge in [0.1, 0.15) is 0 Å². The number of rotatable bonds is 7. The van der Waals surface area contributed by atoms with E-state index in [-0.39, 0.29) is 11.8 Å². The van der Waals surface area contributed by atoms with Gasteiger partial charge in [0.15, 0.2) is 12.2 Å². The highest BCUT2D eigenvalue weighted by atomic mass is 32.1. The van der Waals surface area contributed by atoms with Crippen LogP contribution < -0.4 is 10.2 Å². The van der Waals surface area contributed by atoms with Crippen LogP contribution in [0.3, 0.4) is 0 Å². The fraction of sp³-hybridized carbons (Fsp3) is 0.0690. The van der Waals surface area contributed by atoms with E-state index in [1.165, 1.54) is 17.7 Å². The number of fused-ring (bicyclic) bond motifs is 1. The molecule has 0 unspecified atom stereocenters. The lowest BCUT2D eigenvalue weighted by molar-refractivity contribution is 0.0991. The lowest BCUT2D eigenvalue weighted by Crippen LogP contribution is -2.26. The average molecular weight is 535 g/mol. The second-order valence-corrected chi connectivity index (χ2v) is 9.85. The predicted octanol–water partition coefficient (Wildman–Crippen LogP) is 5.73. The standard InChI is InChI=1S/C29H22N6O3S/c1-34(28(37)20-7-3-2-4-8-20)21-9-10-23-22(14-21)32-29(35(23)17-19-6-5-13-30-15-19)33-27(36)26-12-11-25(39-26)24-16-31-18-38-24/h2-16,18H,17H2,1H3,(H,32,33,36). The molecule has 0 atom stereocenters. The number of carbonyl (C=O) groups excluding carboxylic acids is 2. The molecule has 2 aromatic carbocycles. The van der Waals surface area contributed by atoms with Gasteiger partial charge in [0.05, 0.1) is 33.5 Å². The van der Waals surface area contributed by atoms with E-state index in [0.717, 1.165) is 16.0 Å². The highest BCUT2D eigenvalue weighted by Gasteiger charge is 2.19. The third kappa shape index (κ3) is 4.92. The Bertz CT molecular complexity index is 1760. The first-order chi connectivity index (χ1) is 19.1. The van der Waals surface area contributed by atoms with Crippen molar-refractivity contribution in [1.82, 2.24) is 19.5 Å². The molecule has 0 aliphatic heterocycles. The quantitative estimate of drug-likeness (QED) is 0.281. The van der Waals surface area contributed by atoms with Crippen LogP contribution in [0.1, 0.15) is 25.6 Å². The minimum atomic E-state index is -0.287. The number of thiophene rings is 1. The molecule has 0 saturated carbocycles. The summed E-state index contributed by atoms with van der Waals surface area (Å²) in [5.74, 6) is 0.579. The zero-order valence-corrected chi connectivity index (χ0v) is 21.6. The molecular weight excluding hydrogens is 512 g/mol. The van der Waals surface area contributed by atoms with Crippen molar-refractivity contribution < 1.29 is 14.0 Å². The molecule has 0 radical (unpaired) electrons. The van der Waals surface area contributed by atoms with Crippen LogP contribution >= 0.6 is 11.3 Å². The van der Waals surface area contributed by atoms with Crippen LogP contribution in [-0.2, 0) is 6.54 Å². The summed E-state index contributed by atoms with van der Waals surface area (Å²) in [4.78, 5) is 42.1. The number of aromatic nitrogens is 4. The Kier molecular flexibility index (Phi) is 6.44. The van der Waals surface area contributed by atoms with Gasteiger partial charge in [0.25, 0.3) is 11.8 Å². The molecule has 192 valence electrons. The van der Waals surface area contributed by atoms with Gasteiger partial charge in [-0.1, -0.05) is 24.3 Å². The molecule has 0 saturated heterocycles. The highest BCUT2D eigenvalue weighted by Crippen LogP contribution is 2.30. The van der Waals surface area contributed by atoms with Gasteiger partial charge in [-0.3, -0.25) is 19.9 Å². The monoisotopic (exact) mass is 534 g/mol. The molecule has 2 amide bonds. The number of carbonyl (C=O) groups is 2. The first kappa shape index (κ1) is 24.3. The number of hydrogen-bond acceptors (Lipinski definition) is 7. The van der Waals surface area contributed by atoms with Crippen molar-refractivity contribution in [3.63, 3.8) is 0 Å². The molecule has 0 aliphatic carbocycles. The zero-order chi connectivity index (χ0) is 26.8. The maximum absolute atomic E-state index is 13.2. The molecule has 6 rings (SSSR count). The molecule has 1 N–H and O–H groups in total. The van der Waals surface area contributed by atoms with Crippen molar-refractivity contribution in [2.45, 2.75) is 6.54 Å². The topological polar surface area (TPSA) is 106 Å². The summed E-state index contributed by atoms with van der Waals surface area (Å²) in [6.07, 6.45) is 6.46. The van der Waals surface area contributed by atoms with Crippen LogP contribution in [0.15, 0.2) is 102 Å². The molecule has 0 aliphatic rings. The Balaban J connectivity index is 1.34. The maximum atomic E-state index is 13.2. The normalized spacial score (nSPS) is 11.0. The summed E-state index contributed by atoms with van der Waals surface area (Å²) in [5, 5.41) is 2.97. The Morgan fingerprint density at radius 1 is 1.00 bits per heavy atom. The Labute approximate surface area is 227 Å². The first-order valence-electron chi connectivity index (χ1n) is 12.1. The molecule has 4 heterocycles. The Morgan fingerprint density at radius 2 is 1.87 bits per heavy atom. The second kappa shape index (κ2) is 10.3. The number of amides is 2. The van der Waals surface area contributed by atoms with Crippen molar-refractivity contribution in [2.24, 2.45) is 0 Å². The number of anilines is 2. The molecule has 4 aromatic heterocycles. The van der Waals surface area contributed by atoms with Gasteiger partial charge >= 0.3 is 0 Å². The van der Waals surface area contributed by atoms with Crippen LogP contribution in [-0.4, -0.2) is 38.4 Å². The molecule has 6 aromatic rings. The first-order valence-corrected chi connectivity index (χ1v) is 12.9. The lowest BCUT2D eigenvalue weighted by Gasteiger charge is -2.17. The molecule has 0 spiro atoms. The lowest BCUT2D eigenvalue weighted by atomic mass is 10.2. The van der Waals surface area contributed by atoms with Gasteiger partial charge in [-0.15, -0.1) is 11.3 Å². The maximum Gasteiger partial charge on any atom is 0.268 e. The third-order valence-electron chi connectivity index (χ3n) is 6.24. The van der Waals surface area contributed by atoms with Crippen LogP contribution in [0.25, 0.3) is 21.7 Å². The van der Waals surface area contributed by atoms with Crippen LogP contribution in [0.2, 0.25) is 0 Å².